The van der Waals surface area contributed by atoms with Gasteiger partial charge in [0.25, 0.3) is 11.8 Å². The molecule has 38 heavy (non-hydrogen) atoms. The van der Waals surface area contributed by atoms with Gasteiger partial charge < -0.3 is 40.2 Å². The highest BCUT2D eigenvalue weighted by atomic mass is 33.1. The van der Waals surface area contributed by atoms with Crippen molar-refractivity contribution in [2.45, 2.75) is 22.3 Å². The van der Waals surface area contributed by atoms with Crippen molar-refractivity contribution in [1.82, 2.24) is 19.8 Å². The van der Waals surface area contributed by atoms with Gasteiger partial charge >= 0.3 is 0 Å². The second kappa shape index (κ2) is 12.2. The van der Waals surface area contributed by atoms with Crippen molar-refractivity contribution in [3.05, 3.63) is 59.7 Å². The van der Waals surface area contributed by atoms with Gasteiger partial charge in [0.15, 0.2) is 0 Å². The minimum Gasteiger partial charge on any atom is -0.394 e. The predicted octanol–water partition coefficient (Wildman–Crippen LogP) is 1.64. The first-order chi connectivity index (χ1) is 18.3. The van der Waals surface area contributed by atoms with Gasteiger partial charge in [-0.1, -0.05) is 36.4 Å². The van der Waals surface area contributed by atoms with E-state index in [-0.39, 0.29) is 24.9 Å². The maximum Gasteiger partial charge on any atom is 0.254 e. The first kappa shape index (κ1) is 28.0. The monoisotopic (exact) mass is 558 g/mol. The van der Waals surface area contributed by atoms with Crippen LogP contribution in [0.5, 0.6) is 0 Å². The van der Waals surface area contributed by atoms with Crippen LogP contribution in [0.3, 0.4) is 0 Å². The number of amides is 2. The fourth-order valence-electron chi connectivity index (χ4n) is 4.18. The molecule has 2 unspecified atom stereocenters. The molecule has 4 rings (SSSR count). The van der Waals surface area contributed by atoms with Gasteiger partial charge in [-0.2, -0.15) is 0 Å². The van der Waals surface area contributed by atoms with Crippen LogP contribution in [-0.4, -0.2) is 79.9 Å². The predicted molar refractivity (Wildman–Crippen MR) is 148 cm³/mol. The maximum absolute atomic E-state index is 13.2. The highest BCUT2D eigenvalue weighted by Gasteiger charge is 2.26. The van der Waals surface area contributed by atoms with Crippen LogP contribution < -0.4 is 10.6 Å². The van der Waals surface area contributed by atoms with E-state index in [4.69, 9.17) is 10.2 Å². The number of nitrogens with one attached hydrogen (secondary N) is 2. The van der Waals surface area contributed by atoms with E-state index in [9.17, 15) is 19.8 Å². The zero-order chi connectivity index (χ0) is 27.4. The second-order valence-corrected chi connectivity index (χ2v) is 10.9. The van der Waals surface area contributed by atoms with Crippen LogP contribution in [0.4, 0.5) is 0 Å². The number of para-hydroxylation sites is 2. The van der Waals surface area contributed by atoms with Gasteiger partial charge in [-0.05, 0) is 33.7 Å². The Kier molecular flexibility index (Phi) is 9.03. The van der Waals surface area contributed by atoms with Crippen molar-refractivity contribution in [3.63, 3.8) is 0 Å². The first-order valence-corrected chi connectivity index (χ1v) is 14.1. The van der Waals surface area contributed by atoms with Gasteiger partial charge in [-0.25, -0.2) is 0 Å². The molecular formula is C26H30N4O6S2. The number of carbonyl (C=O) groups excluding carboxylic acids is 2. The molecule has 0 fully saturated rings. The van der Waals surface area contributed by atoms with Gasteiger partial charge in [0.1, 0.15) is 0 Å². The van der Waals surface area contributed by atoms with Crippen molar-refractivity contribution in [2.24, 2.45) is 14.1 Å². The van der Waals surface area contributed by atoms with E-state index in [0.29, 0.717) is 21.2 Å². The molecule has 2 heterocycles. The van der Waals surface area contributed by atoms with Crippen molar-refractivity contribution in [3.8, 4) is 0 Å². The zero-order valence-electron chi connectivity index (χ0n) is 20.9. The standard InChI is InChI=1S/C26H30N4O6S2/c1-29-19-9-5-3-7-17(19)21(23(35)27-11-15(33)13-31)25(29)37-38-26-22(24(36)28-12-16(34)14-32)18-8-4-6-10-20(18)30(26)2/h3-10,15-16,31-34H,11-14H2,1-2H3,(H,27,35)(H,28,36). The smallest absolute Gasteiger partial charge is 0.254 e. The maximum atomic E-state index is 13.2. The Balaban J connectivity index is 1.72. The Bertz CT molecular complexity index is 1360. The molecule has 12 heteroatoms. The molecule has 10 nitrogen and oxygen atoms in total. The number of hydrogen-bond acceptors (Lipinski definition) is 8. The van der Waals surface area contributed by atoms with E-state index in [0.717, 1.165) is 21.8 Å². The molecule has 0 aliphatic carbocycles. The summed E-state index contributed by atoms with van der Waals surface area (Å²) in [6.45, 7) is -1.12. The minimum absolute atomic E-state index is 0.0942. The molecule has 0 saturated carbocycles. The average Bonchev–Trinajstić information content (AvgIpc) is 3.39. The number of hydrogen-bond donors (Lipinski definition) is 6. The number of aliphatic hydroxyl groups excluding tert-OH is 4. The van der Waals surface area contributed by atoms with E-state index in [2.05, 4.69) is 10.6 Å². The number of carbonyl (C=O) groups is 2. The number of nitrogens with zero attached hydrogens (tertiary/aromatic N) is 2. The number of fused-ring (bicyclic) bond motifs is 2. The molecular weight excluding hydrogens is 528 g/mol. The van der Waals surface area contributed by atoms with E-state index in [1.54, 1.807) is 0 Å². The molecule has 6 N–H and O–H groups in total. The topological polar surface area (TPSA) is 149 Å². The molecule has 0 aliphatic heterocycles. The zero-order valence-corrected chi connectivity index (χ0v) is 22.6. The van der Waals surface area contributed by atoms with Crippen LogP contribution in [0.1, 0.15) is 20.7 Å². The van der Waals surface area contributed by atoms with Gasteiger partial charge in [0.05, 0.1) is 46.6 Å². The minimum atomic E-state index is -1.07. The summed E-state index contributed by atoms with van der Waals surface area (Å²) in [6.07, 6.45) is -2.14. The van der Waals surface area contributed by atoms with Crippen LogP contribution in [0.2, 0.25) is 0 Å². The van der Waals surface area contributed by atoms with Gasteiger partial charge in [-0.3, -0.25) is 9.59 Å². The summed E-state index contributed by atoms with van der Waals surface area (Å²) < 4.78 is 3.81. The summed E-state index contributed by atoms with van der Waals surface area (Å²) in [4.78, 5) is 26.5. The molecule has 0 aliphatic rings. The van der Waals surface area contributed by atoms with Crippen molar-refractivity contribution >= 4 is 55.2 Å². The lowest BCUT2D eigenvalue weighted by Crippen LogP contribution is -2.34. The summed E-state index contributed by atoms with van der Waals surface area (Å²) in [5.74, 6) is -0.768. The lowest BCUT2D eigenvalue weighted by atomic mass is 10.1. The largest absolute Gasteiger partial charge is 0.394 e. The van der Waals surface area contributed by atoms with Gasteiger partial charge in [0.2, 0.25) is 0 Å². The summed E-state index contributed by atoms with van der Waals surface area (Å²) in [6, 6.07) is 15.0. The summed E-state index contributed by atoms with van der Waals surface area (Å²) in [7, 11) is 6.37. The van der Waals surface area contributed by atoms with Crippen molar-refractivity contribution in [1.29, 1.82) is 0 Å². The number of benzene rings is 2. The average molecular weight is 559 g/mol. The Morgan fingerprint density at radius 2 is 1.11 bits per heavy atom. The summed E-state index contributed by atoms with van der Waals surface area (Å²) in [5.41, 5.74) is 2.55. The highest BCUT2D eigenvalue weighted by molar-refractivity contribution is 8.76. The fourth-order valence-corrected chi connectivity index (χ4v) is 6.97. The Labute approximate surface area is 227 Å². The van der Waals surface area contributed by atoms with Crippen LogP contribution in [0, 0.1) is 0 Å². The van der Waals surface area contributed by atoms with E-state index >= 15 is 0 Å². The number of aryl methyl sites for hydroxylation is 2. The molecule has 2 atom stereocenters. The Morgan fingerprint density at radius 1 is 0.737 bits per heavy atom. The Morgan fingerprint density at radius 3 is 1.47 bits per heavy atom. The van der Waals surface area contributed by atoms with Crippen LogP contribution >= 0.6 is 21.6 Å². The van der Waals surface area contributed by atoms with Gasteiger partial charge in [-0.15, -0.1) is 0 Å². The van der Waals surface area contributed by atoms with Crippen LogP contribution in [0.25, 0.3) is 21.8 Å². The third-order valence-corrected chi connectivity index (χ3v) is 8.73. The molecule has 4 aromatic rings. The molecule has 2 amide bonds. The molecule has 2 aromatic carbocycles. The summed E-state index contributed by atoms with van der Waals surface area (Å²) in [5, 5.41) is 45.9. The molecule has 0 bridgehead atoms. The van der Waals surface area contributed by atoms with Crippen molar-refractivity contribution in [2.75, 3.05) is 26.3 Å². The van der Waals surface area contributed by atoms with E-state index < -0.39 is 25.4 Å². The molecule has 202 valence electrons. The lowest BCUT2D eigenvalue weighted by Gasteiger charge is -2.12. The molecule has 0 spiro atoms. The lowest BCUT2D eigenvalue weighted by molar-refractivity contribution is 0.0798. The second-order valence-electron chi connectivity index (χ2n) is 8.77. The van der Waals surface area contributed by atoms with E-state index in [1.165, 1.54) is 21.6 Å². The molecule has 0 radical (unpaired) electrons. The molecule has 2 aromatic heterocycles. The molecule has 0 saturated heterocycles. The third kappa shape index (κ3) is 5.55. The summed E-state index contributed by atoms with van der Waals surface area (Å²) >= 11 is 0. The fraction of sp³-hybridized carbons (Fsp3) is 0.308. The van der Waals surface area contributed by atoms with Gasteiger partial charge in [0, 0.05) is 49.0 Å². The first-order valence-electron chi connectivity index (χ1n) is 11.9. The number of aromatic nitrogens is 2. The normalized spacial score (nSPS) is 13.1. The highest BCUT2D eigenvalue weighted by Crippen LogP contribution is 2.45. The SMILES string of the molecule is Cn1c(SSc2c(C(=O)NCC(O)CO)c3ccccc3n2C)c(C(=O)NCC(O)CO)c2ccccc21. The third-order valence-electron chi connectivity index (χ3n) is 6.18. The van der Waals surface area contributed by atoms with Crippen molar-refractivity contribution < 1.29 is 30.0 Å². The van der Waals surface area contributed by atoms with Crippen LogP contribution in [0.15, 0.2) is 58.6 Å². The quantitative estimate of drug-likeness (QED) is 0.152. The van der Waals surface area contributed by atoms with Crippen LogP contribution in [-0.2, 0) is 14.1 Å². The number of rotatable bonds is 11. The Hall–Kier alpha value is -3.00. The van der Waals surface area contributed by atoms with E-state index in [1.807, 2.05) is 71.8 Å². The number of aliphatic hydroxyl groups is 4.